The smallest absolute Gasteiger partial charge is 0.278 e. The van der Waals surface area contributed by atoms with Gasteiger partial charge in [0.2, 0.25) is 5.91 Å². The Morgan fingerprint density at radius 1 is 0.933 bits per heavy atom. The third kappa shape index (κ3) is 3.18. The number of carbonyl (C=O) groups is 1. The molecule has 0 unspecified atom stereocenters. The molecule has 0 saturated carbocycles. The fraction of sp³-hybridized carbons (Fsp3) is 0.0476. The minimum absolute atomic E-state index is 0.245. The highest BCUT2D eigenvalue weighted by molar-refractivity contribution is 5.90. The van der Waals surface area contributed by atoms with Gasteiger partial charge in [0.25, 0.3) is 5.56 Å². The molecule has 5 aromatic rings. The van der Waals surface area contributed by atoms with Crippen molar-refractivity contribution in [1.29, 1.82) is 0 Å². The molecule has 30 heavy (non-hydrogen) atoms. The number of fused-ring (bicyclic) bond motifs is 2. The van der Waals surface area contributed by atoms with Gasteiger partial charge in [-0.05, 0) is 36.4 Å². The summed E-state index contributed by atoms with van der Waals surface area (Å²) in [7, 11) is 0. The van der Waals surface area contributed by atoms with Gasteiger partial charge in [-0.1, -0.05) is 29.5 Å². The van der Waals surface area contributed by atoms with Crippen molar-refractivity contribution in [2.45, 2.75) is 6.54 Å². The quantitative estimate of drug-likeness (QED) is 0.498. The molecule has 0 aliphatic carbocycles. The zero-order valence-corrected chi connectivity index (χ0v) is 15.6. The first-order valence-electron chi connectivity index (χ1n) is 9.20. The highest BCUT2D eigenvalue weighted by Crippen LogP contribution is 2.17. The first-order chi connectivity index (χ1) is 14.7. The molecule has 0 atom stereocenters. The van der Waals surface area contributed by atoms with Gasteiger partial charge in [0.05, 0.1) is 28.3 Å². The van der Waals surface area contributed by atoms with E-state index in [0.717, 1.165) is 15.7 Å². The summed E-state index contributed by atoms with van der Waals surface area (Å²) in [5.74, 6) is 0.280. The van der Waals surface area contributed by atoms with Gasteiger partial charge in [-0.2, -0.15) is 0 Å². The highest BCUT2D eigenvalue weighted by atomic mass is 16.2. The van der Waals surface area contributed by atoms with E-state index < -0.39 is 5.91 Å². The summed E-state index contributed by atoms with van der Waals surface area (Å²) in [6, 6.07) is 18.1. The summed E-state index contributed by atoms with van der Waals surface area (Å²) in [5, 5.41) is 10.9. The van der Waals surface area contributed by atoms with Crippen LogP contribution in [0.4, 0.5) is 5.69 Å². The average Bonchev–Trinajstić information content (AvgIpc) is 3.21. The average molecular weight is 397 g/mol. The number of pyridine rings is 1. The number of nitrogens with one attached hydrogen (secondary N) is 1. The molecular weight excluding hydrogens is 382 g/mol. The fourth-order valence-electron chi connectivity index (χ4n) is 3.21. The Labute approximate surface area is 169 Å². The number of anilines is 1. The van der Waals surface area contributed by atoms with E-state index in [2.05, 4.69) is 25.6 Å². The van der Waals surface area contributed by atoms with Gasteiger partial charge >= 0.3 is 0 Å². The lowest BCUT2D eigenvalue weighted by molar-refractivity contribution is -0.117. The lowest BCUT2D eigenvalue weighted by Crippen LogP contribution is -2.30. The summed E-state index contributed by atoms with van der Waals surface area (Å²) in [6.45, 7) is -0.245. The van der Waals surface area contributed by atoms with Crippen LogP contribution >= 0.6 is 0 Å². The number of amides is 1. The monoisotopic (exact) mass is 397 g/mol. The molecule has 9 nitrogen and oxygen atoms in total. The van der Waals surface area contributed by atoms with Gasteiger partial charge in [0, 0.05) is 0 Å². The van der Waals surface area contributed by atoms with Crippen LogP contribution in [-0.2, 0) is 11.3 Å². The number of hydrogen-bond acceptors (Lipinski definition) is 6. The second-order valence-corrected chi connectivity index (χ2v) is 6.63. The van der Waals surface area contributed by atoms with E-state index >= 15 is 0 Å². The zero-order valence-electron chi connectivity index (χ0n) is 15.6. The molecule has 0 aliphatic rings. The number of hydrogen-bond donors (Lipinski definition) is 1. The number of nitrogens with zero attached hydrogens (tertiary/aromatic N) is 6. The lowest BCUT2D eigenvalue weighted by Gasteiger charge is -2.08. The summed E-state index contributed by atoms with van der Waals surface area (Å²) in [4.78, 5) is 33.6. The van der Waals surface area contributed by atoms with Crippen LogP contribution in [0.2, 0.25) is 0 Å². The topological polar surface area (TPSA) is 108 Å². The van der Waals surface area contributed by atoms with E-state index in [1.165, 1.54) is 0 Å². The lowest BCUT2D eigenvalue weighted by atomic mass is 10.2. The van der Waals surface area contributed by atoms with Gasteiger partial charge in [-0.25, -0.2) is 14.6 Å². The number of benzene rings is 2. The standard InChI is InChI=1S/C21H15N7O2/c29-20(12-28-21(30)15-5-1-2-6-16(15)25-26-28)24-14-9-10-19(22-11-14)27-13-23-17-7-3-4-8-18(17)27/h1-11,13H,12H2,(H,24,29). The normalized spacial score (nSPS) is 11.1. The van der Waals surface area contributed by atoms with E-state index in [1.54, 1.807) is 48.9 Å². The van der Waals surface area contributed by atoms with Crippen LogP contribution in [0, 0.1) is 0 Å². The van der Waals surface area contributed by atoms with Crippen LogP contribution in [0.1, 0.15) is 0 Å². The molecule has 1 N–H and O–H groups in total. The predicted octanol–water partition coefficient (Wildman–Crippen LogP) is 2.16. The van der Waals surface area contributed by atoms with E-state index in [4.69, 9.17) is 0 Å². The molecule has 3 aromatic heterocycles. The van der Waals surface area contributed by atoms with Gasteiger partial charge in [0.1, 0.15) is 24.2 Å². The molecule has 0 fully saturated rings. The van der Waals surface area contributed by atoms with Crippen molar-refractivity contribution in [3.05, 3.63) is 83.5 Å². The summed E-state index contributed by atoms with van der Waals surface area (Å²) in [6.07, 6.45) is 3.26. The van der Waals surface area contributed by atoms with Gasteiger partial charge in [-0.15, -0.1) is 5.10 Å². The van der Waals surface area contributed by atoms with Gasteiger partial charge in [0.15, 0.2) is 0 Å². The van der Waals surface area contributed by atoms with Crippen molar-refractivity contribution in [2.75, 3.05) is 5.32 Å². The van der Waals surface area contributed by atoms with Crippen LogP contribution in [0.15, 0.2) is 78.0 Å². The Balaban J connectivity index is 1.33. The van der Waals surface area contributed by atoms with Crippen molar-refractivity contribution < 1.29 is 4.79 Å². The van der Waals surface area contributed by atoms with Crippen LogP contribution < -0.4 is 10.9 Å². The van der Waals surface area contributed by atoms with Gasteiger partial charge < -0.3 is 5.32 Å². The first-order valence-corrected chi connectivity index (χ1v) is 9.20. The third-order valence-electron chi connectivity index (χ3n) is 4.65. The Bertz CT molecular complexity index is 1440. The predicted molar refractivity (Wildman–Crippen MR) is 111 cm³/mol. The molecule has 0 aliphatic heterocycles. The Morgan fingerprint density at radius 3 is 2.57 bits per heavy atom. The van der Waals surface area contributed by atoms with E-state index in [-0.39, 0.29) is 12.1 Å². The molecular formula is C21H15N7O2. The maximum atomic E-state index is 12.5. The van der Waals surface area contributed by atoms with Crippen LogP contribution in [0.5, 0.6) is 0 Å². The van der Waals surface area contributed by atoms with Crippen LogP contribution in [-0.4, -0.2) is 35.4 Å². The molecule has 1 amide bonds. The number of aromatic nitrogens is 6. The maximum absolute atomic E-state index is 12.5. The molecule has 0 bridgehead atoms. The highest BCUT2D eigenvalue weighted by Gasteiger charge is 2.10. The third-order valence-corrected chi connectivity index (χ3v) is 4.65. The Hall–Kier alpha value is -4.40. The van der Waals surface area contributed by atoms with Crippen molar-refractivity contribution in [2.24, 2.45) is 0 Å². The summed E-state index contributed by atoms with van der Waals surface area (Å²) < 4.78 is 2.91. The Morgan fingerprint density at radius 2 is 1.73 bits per heavy atom. The molecule has 0 radical (unpaired) electrons. The molecule has 5 rings (SSSR count). The molecule has 0 spiro atoms. The minimum Gasteiger partial charge on any atom is -0.323 e. The molecule has 2 aromatic carbocycles. The molecule has 3 heterocycles. The molecule has 0 saturated heterocycles. The number of imidazole rings is 1. The summed E-state index contributed by atoms with van der Waals surface area (Å²) in [5.41, 5.74) is 2.45. The fourth-order valence-corrected chi connectivity index (χ4v) is 3.21. The SMILES string of the molecule is O=C(Cn1nnc2ccccc2c1=O)Nc1ccc(-n2cnc3ccccc32)nc1. The minimum atomic E-state index is -0.399. The molecule has 146 valence electrons. The van der Waals surface area contributed by atoms with Crippen molar-refractivity contribution in [3.8, 4) is 5.82 Å². The van der Waals surface area contributed by atoms with Gasteiger partial charge in [-0.3, -0.25) is 14.2 Å². The molecule has 9 heteroatoms. The van der Waals surface area contributed by atoms with Crippen molar-refractivity contribution in [1.82, 2.24) is 29.5 Å². The van der Waals surface area contributed by atoms with Crippen LogP contribution in [0.25, 0.3) is 27.8 Å². The van der Waals surface area contributed by atoms with Crippen molar-refractivity contribution in [3.63, 3.8) is 0 Å². The van der Waals surface area contributed by atoms with E-state index in [1.807, 2.05) is 28.8 Å². The number of rotatable bonds is 4. The first kappa shape index (κ1) is 17.7. The van der Waals surface area contributed by atoms with E-state index in [9.17, 15) is 9.59 Å². The maximum Gasteiger partial charge on any atom is 0.278 e. The second-order valence-electron chi connectivity index (χ2n) is 6.63. The number of para-hydroxylation sites is 2. The van der Waals surface area contributed by atoms with E-state index in [0.29, 0.717) is 22.4 Å². The summed E-state index contributed by atoms with van der Waals surface area (Å²) >= 11 is 0. The zero-order chi connectivity index (χ0) is 20.5. The Kier molecular flexibility index (Phi) is 4.25. The number of carbonyl (C=O) groups excluding carboxylic acids is 1. The van der Waals surface area contributed by atoms with Crippen LogP contribution in [0.3, 0.4) is 0 Å². The largest absolute Gasteiger partial charge is 0.323 e. The second kappa shape index (κ2) is 7.21. The van der Waals surface area contributed by atoms with Crippen molar-refractivity contribution >= 4 is 33.5 Å².